The molecule has 1 N–H and O–H groups in total. The first kappa shape index (κ1) is 16.5. The number of benzene rings is 1. The Morgan fingerprint density at radius 1 is 1.22 bits per heavy atom. The first-order chi connectivity index (χ1) is 10.6. The first-order valence-corrected chi connectivity index (χ1v) is 6.75. The number of ether oxygens (including phenoxy) is 2. The second-order valence-corrected chi connectivity index (χ2v) is 5.87. The number of nitro benzene ring substituents is 1. The van der Waals surface area contributed by atoms with Crippen LogP contribution in [0.25, 0.3) is 10.8 Å². The highest BCUT2D eigenvalue weighted by atomic mass is 16.6. The zero-order valence-electron chi connectivity index (χ0n) is 13.1. The smallest absolute Gasteiger partial charge is 0.355 e. The van der Waals surface area contributed by atoms with Gasteiger partial charge in [0.25, 0.3) is 5.69 Å². The Labute approximate surface area is 131 Å². The fourth-order valence-corrected chi connectivity index (χ4v) is 2.13. The average Bonchev–Trinajstić information content (AvgIpc) is 2.87. The van der Waals surface area contributed by atoms with Gasteiger partial charge in [0, 0.05) is 29.1 Å². The number of fused-ring (bicyclic) bond motifs is 1. The molecular formula is C15H16N2O6. The molecule has 0 aliphatic rings. The Morgan fingerprint density at radius 3 is 2.39 bits per heavy atom. The van der Waals surface area contributed by atoms with E-state index in [9.17, 15) is 19.7 Å². The van der Waals surface area contributed by atoms with Gasteiger partial charge in [-0.05, 0) is 20.8 Å². The molecule has 0 saturated carbocycles. The van der Waals surface area contributed by atoms with E-state index >= 15 is 0 Å². The van der Waals surface area contributed by atoms with Crippen molar-refractivity contribution in [3.8, 4) is 0 Å². The van der Waals surface area contributed by atoms with E-state index in [-0.39, 0.29) is 22.3 Å². The van der Waals surface area contributed by atoms with Gasteiger partial charge in [0.15, 0.2) is 0 Å². The topological polar surface area (TPSA) is 112 Å². The second-order valence-electron chi connectivity index (χ2n) is 5.87. The van der Waals surface area contributed by atoms with Gasteiger partial charge >= 0.3 is 11.9 Å². The van der Waals surface area contributed by atoms with Crippen LogP contribution in [0.4, 0.5) is 5.69 Å². The van der Waals surface area contributed by atoms with Crippen molar-refractivity contribution < 1.29 is 24.0 Å². The van der Waals surface area contributed by atoms with Gasteiger partial charge in [-0.1, -0.05) is 0 Å². The summed E-state index contributed by atoms with van der Waals surface area (Å²) in [5.74, 6) is -1.44. The molecule has 0 atom stereocenters. The minimum atomic E-state index is -0.775. The molecule has 0 aliphatic heterocycles. The molecule has 0 fully saturated rings. The summed E-state index contributed by atoms with van der Waals surface area (Å²) in [6.07, 6.45) is 1.41. The van der Waals surface area contributed by atoms with E-state index < -0.39 is 22.5 Å². The fraction of sp³-hybridized carbons (Fsp3) is 0.333. The fourth-order valence-electron chi connectivity index (χ4n) is 2.13. The number of H-pyrrole nitrogens is 1. The van der Waals surface area contributed by atoms with Crippen LogP contribution in [0, 0.1) is 10.1 Å². The third-order valence-electron chi connectivity index (χ3n) is 2.99. The van der Waals surface area contributed by atoms with Crippen LogP contribution in [0.5, 0.6) is 0 Å². The Balaban J connectivity index is 2.67. The third kappa shape index (κ3) is 3.31. The van der Waals surface area contributed by atoms with E-state index in [0.29, 0.717) is 5.39 Å². The van der Waals surface area contributed by atoms with Gasteiger partial charge in [0.2, 0.25) is 0 Å². The van der Waals surface area contributed by atoms with Crippen LogP contribution in [0.1, 0.15) is 41.6 Å². The maximum Gasteiger partial charge on any atom is 0.355 e. The lowest BCUT2D eigenvalue weighted by Gasteiger charge is -2.19. The Kier molecular flexibility index (Phi) is 4.09. The number of hydrogen-bond donors (Lipinski definition) is 1. The summed E-state index contributed by atoms with van der Waals surface area (Å²) in [4.78, 5) is 37.3. The van der Waals surface area contributed by atoms with Gasteiger partial charge in [0.05, 0.1) is 17.6 Å². The number of nitro groups is 1. The lowest BCUT2D eigenvalue weighted by atomic mass is 10.0. The minimum Gasteiger partial charge on any atom is -0.465 e. The lowest BCUT2D eigenvalue weighted by molar-refractivity contribution is -0.384. The van der Waals surface area contributed by atoms with Crippen molar-refractivity contribution in [2.24, 2.45) is 0 Å². The number of non-ortho nitro benzene ring substituents is 1. The molecule has 0 saturated heterocycles. The van der Waals surface area contributed by atoms with E-state index in [2.05, 4.69) is 9.72 Å². The average molecular weight is 320 g/mol. The quantitative estimate of drug-likeness (QED) is 0.529. The Bertz CT molecular complexity index is 800. The summed E-state index contributed by atoms with van der Waals surface area (Å²) >= 11 is 0. The normalized spacial score (nSPS) is 11.3. The first-order valence-electron chi connectivity index (χ1n) is 6.75. The molecule has 2 rings (SSSR count). The van der Waals surface area contributed by atoms with E-state index in [1.54, 1.807) is 20.8 Å². The minimum absolute atomic E-state index is 0.0465. The van der Waals surface area contributed by atoms with Crippen molar-refractivity contribution in [3.05, 3.63) is 39.7 Å². The van der Waals surface area contributed by atoms with Gasteiger partial charge < -0.3 is 14.5 Å². The molecule has 122 valence electrons. The van der Waals surface area contributed by atoms with Crippen LogP contribution in [0.15, 0.2) is 18.3 Å². The van der Waals surface area contributed by atoms with E-state index in [1.807, 2.05) is 0 Å². The van der Waals surface area contributed by atoms with Crippen LogP contribution in [-0.2, 0) is 9.47 Å². The number of esters is 2. The molecule has 0 amide bonds. The van der Waals surface area contributed by atoms with Crippen LogP contribution in [0.3, 0.4) is 0 Å². The Morgan fingerprint density at radius 2 is 1.87 bits per heavy atom. The van der Waals surface area contributed by atoms with Gasteiger partial charge in [-0.2, -0.15) is 0 Å². The molecule has 0 aliphatic carbocycles. The number of nitrogens with zero attached hydrogens (tertiary/aromatic N) is 1. The predicted octanol–water partition coefficient (Wildman–Crippen LogP) is 2.82. The van der Waals surface area contributed by atoms with E-state index in [4.69, 9.17) is 4.74 Å². The molecule has 8 nitrogen and oxygen atoms in total. The molecular weight excluding hydrogens is 304 g/mol. The van der Waals surface area contributed by atoms with Crippen LogP contribution in [0.2, 0.25) is 0 Å². The maximum atomic E-state index is 12.3. The third-order valence-corrected chi connectivity index (χ3v) is 2.99. The molecule has 0 unspecified atom stereocenters. The number of rotatable bonds is 3. The van der Waals surface area contributed by atoms with Crippen molar-refractivity contribution >= 4 is 28.4 Å². The standard InChI is InChI=1S/C15H16N2O6/c1-15(2,3)23-14(19)12-11-8(7-16-12)5-9(17(20)21)6-10(11)13(18)22-4/h5-7,16H,1-4H3. The highest BCUT2D eigenvalue weighted by Crippen LogP contribution is 2.30. The number of methoxy groups -OCH3 is 1. The largest absolute Gasteiger partial charge is 0.465 e. The SMILES string of the molecule is COC(=O)c1cc([N+](=O)[O-])cc2c[nH]c(C(=O)OC(C)(C)C)c12. The molecule has 0 bridgehead atoms. The van der Waals surface area contributed by atoms with Crippen LogP contribution in [-0.4, -0.2) is 34.6 Å². The van der Waals surface area contributed by atoms with E-state index in [1.165, 1.54) is 12.3 Å². The number of aromatic amines is 1. The molecule has 1 heterocycles. The summed E-state index contributed by atoms with van der Waals surface area (Å²) in [5.41, 5.74) is -1.02. The highest BCUT2D eigenvalue weighted by Gasteiger charge is 2.26. The monoisotopic (exact) mass is 320 g/mol. The van der Waals surface area contributed by atoms with Crippen molar-refractivity contribution in [3.63, 3.8) is 0 Å². The van der Waals surface area contributed by atoms with Crippen molar-refractivity contribution in [2.75, 3.05) is 7.11 Å². The van der Waals surface area contributed by atoms with Gasteiger partial charge in [-0.3, -0.25) is 10.1 Å². The van der Waals surface area contributed by atoms with Gasteiger partial charge in [0.1, 0.15) is 11.3 Å². The molecule has 1 aromatic heterocycles. The van der Waals surface area contributed by atoms with E-state index in [0.717, 1.165) is 13.2 Å². The molecule has 0 spiro atoms. The zero-order valence-corrected chi connectivity index (χ0v) is 13.1. The summed E-state index contributed by atoms with van der Waals surface area (Å²) in [5, 5.41) is 11.6. The van der Waals surface area contributed by atoms with Crippen LogP contribution >= 0.6 is 0 Å². The van der Waals surface area contributed by atoms with Crippen molar-refractivity contribution in [1.82, 2.24) is 4.98 Å². The zero-order chi connectivity index (χ0) is 17.4. The maximum absolute atomic E-state index is 12.3. The van der Waals surface area contributed by atoms with Gasteiger partial charge in [-0.25, -0.2) is 9.59 Å². The summed E-state index contributed by atoms with van der Waals surface area (Å²) in [6, 6.07) is 2.35. The molecule has 23 heavy (non-hydrogen) atoms. The number of carbonyl (C=O) groups excluding carboxylic acids is 2. The van der Waals surface area contributed by atoms with Crippen LogP contribution < -0.4 is 0 Å². The number of aromatic nitrogens is 1. The van der Waals surface area contributed by atoms with Crippen molar-refractivity contribution in [2.45, 2.75) is 26.4 Å². The number of carbonyl (C=O) groups is 2. The number of hydrogen-bond acceptors (Lipinski definition) is 6. The summed E-state index contributed by atoms with van der Waals surface area (Å²) in [6.45, 7) is 5.13. The molecule has 2 aromatic rings. The molecule has 1 aromatic carbocycles. The highest BCUT2D eigenvalue weighted by molar-refractivity contribution is 6.13. The van der Waals surface area contributed by atoms with Crippen molar-refractivity contribution in [1.29, 1.82) is 0 Å². The molecule has 8 heteroatoms. The second kappa shape index (κ2) is 5.71. The summed E-state index contributed by atoms with van der Waals surface area (Å²) in [7, 11) is 1.16. The lowest BCUT2D eigenvalue weighted by Crippen LogP contribution is -2.24. The summed E-state index contributed by atoms with van der Waals surface area (Å²) < 4.78 is 9.94. The Hall–Kier alpha value is -2.90. The molecule has 0 radical (unpaired) electrons. The predicted molar refractivity (Wildman–Crippen MR) is 81.5 cm³/mol. The van der Waals surface area contributed by atoms with Gasteiger partial charge in [-0.15, -0.1) is 0 Å². The number of nitrogens with one attached hydrogen (secondary N) is 1.